The van der Waals surface area contributed by atoms with Crippen molar-refractivity contribution in [3.05, 3.63) is 0 Å². The maximum atomic E-state index is 12.0. The number of ether oxygens (including phenoxy) is 1. The molecule has 0 aromatic rings. The summed E-state index contributed by atoms with van der Waals surface area (Å²) >= 11 is 0. The lowest BCUT2D eigenvalue weighted by atomic mass is 9.66. The number of rotatable bonds is 7. The van der Waals surface area contributed by atoms with Gasteiger partial charge in [-0.15, -0.1) is 0 Å². The summed E-state index contributed by atoms with van der Waals surface area (Å²) in [5.74, 6) is 0.0605. The van der Waals surface area contributed by atoms with Crippen LogP contribution in [0.15, 0.2) is 0 Å². The SMILES string of the molecule is COCC(O)CN(C)C(=O)CC1(CN)CCC1. The molecule has 1 rings (SSSR count). The number of aliphatic hydroxyl groups is 1. The van der Waals surface area contributed by atoms with Crippen LogP contribution in [0.2, 0.25) is 0 Å². The van der Waals surface area contributed by atoms with Gasteiger partial charge in [-0.1, -0.05) is 6.42 Å². The highest BCUT2D eigenvalue weighted by molar-refractivity contribution is 5.76. The third kappa shape index (κ3) is 3.94. The average Bonchev–Trinajstić information content (AvgIpc) is 2.23. The fourth-order valence-electron chi connectivity index (χ4n) is 2.25. The van der Waals surface area contributed by atoms with E-state index in [4.69, 9.17) is 10.5 Å². The molecule has 1 unspecified atom stereocenters. The summed E-state index contributed by atoms with van der Waals surface area (Å²) < 4.78 is 4.83. The Labute approximate surface area is 103 Å². The second-order valence-electron chi connectivity index (χ2n) is 5.12. The summed E-state index contributed by atoms with van der Waals surface area (Å²) in [4.78, 5) is 13.5. The fraction of sp³-hybridized carbons (Fsp3) is 0.917. The van der Waals surface area contributed by atoms with Crippen LogP contribution < -0.4 is 5.73 Å². The first-order chi connectivity index (χ1) is 8.03. The highest BCUT2D eigenvalue weighted by Gasteiger charge is 2.38. The molecule has 0 aliphatic heterocycles. The highest BCUT2D eigenvalue weighted by atomic mass is 16.5. The Kier molecular flexibility index (Phi) is 5.36. The molecule has 100 valence electrons. The molecule has 0 heterocycles. The third-order valence-corrected chi connectivity index (χ3v) is 3.64. The number of likely N-dealkylation sites (N-methyl/N-ethyl adjacent to an activating group) is 1. The zero-order chi connectivity index (χ0) is 12.9. The van der Waals surface area contributed by atoms with Gasteiger partial charge in [-0.25, -0.2) is 0 Å². The number of hydrogen-bond acceptors (Lipinski definition) is 4. The quantitative estimate of drug-likeness (QED) is 0.659. The van der Waals surface area contributed by atoms with Crippen molar-refractivity contribution in [1.29, 1.82) is 0 Å². The van der Waals surface area contributed by atoms with Crippen LogP contribution >= 0.6 is 0 Å². The minimum atomic E-state index is -0.621. The lowest BCUT2D eigenvalue weighted by Gasteiger charge is -2.41. The standard InChI is InChI=1S/C12H24N2O3/c1-14(7-10(15)8-17-2)11(16)6-12(9-13)4-3-5-12/h10,15H,3-9,13H2,1-2H3. The summed E-state index contributed by atoms with van der Waals surface area (Å²) in [6, 6.07) is 0. The lowest BCUT2D eigenvalue weighted by molar-refractivity contribution is -0.135. The molecule has 1 saturated carbocycles. The minimum Gasteiger partial charge on any atom is -0.389 e. The Morgan fingerprint density at radius 1 is 1.59 bits per heavy atom. The van der Waals surface area contributed by atoms with Crippen molar-refractivity contribution in [1.82, 2.24) is 4.90 Å². The molecule has 1 fully saturated rings. The van der Waals surface area contributed by atoms with Gasteiger partial charge in [0, 0.05) is 27.1 Å². The van der Waals surface area contributed by atoms with E-state index in [1.54, 1.807) is 11.9 Å². The van der Waals surface area contributed by atoms with Gasteiger partial charge in [-0.2, -0.15) is 0 Å². The number of methoxy groups -OCH3 is 1. The number of carbonyl (C=O) groups excluding carboxylic acids is 1. The molecule has 5 nitrogen and oxygen atoms in total. The van der Waals surface area contributed by atoms with Crippen molar-refractivity contribution in [3.63, 3.8) is 0 Å². The van der Waals surface area contributed by atoms with E-state index < -0.39 is 6.10 Å². The van der Waals surface area contributed by atoms with Crippen LogP contribution in [0.25, 0.3) is 0 Å². The largest absolute Gasteiger partial charge is 0.389 e. The normalized spacial score (nSPS) is 19.5. The maximum Gasteiger partial charge on any atom is 0.223 e. The van der Waals surface area contributed by atoms with Crippen LogP contribution in [0.3, 0.4) is 0 Å². The predicted octanol–water partition coefficient (Wildman–Crippen LogP) is -0.0288. The number of amides is 1. The molecule has 1 amide bonds. The highest BCUT2D eigenvalue weighted by Crippen LogP contribution is 2.43. The monoisotopic (exact) mass is 244 g/mol. The Morgan fingerprint density at radius 3 is 2.65 bits per heavy atom. The topological polar surface area (TPSA) is 75.8 Å². The Balaban J connectivity index is 2.36. The van der Waals surface area contributed by atoms with Crippen molar-refractivity contribution >= 4 is 5.91 Å². The van der Waals surface area contributed by atoms with Crippen molar-refractivity contribution < 1.29 is 14.6 Å². The summed E-state index contributed by atoms with van der Waals surface area (Å²) in [5.41, 5.74) is 5.75. The van der Waals surface area contributed by atoms with Gasteiger partial charge in [-0.05, 0) is 24.8 Å². The van der Waals surface area contributed by atoms with E-state index >= 15 is 0 Å². The average molecular weight is 244 g/mol. The molecule has 1 aliphatic carbocycles. The lowest BCUT2D eigenvalue weighted by Crippen LogP contribution is -2.44. The van der Waals surface area contributed by atoms with E-state index in [0.717, 1.165) is 12.8 Å². The third-order valence-electron chi connectivity index (χ3n) is 3.64. The molecule has 1 aliphatic rings. The van der Waals surface area contributed by atoms with Crippen LogP contribution in [-0.2, 0) is 9.53 Å². The molecule has 5 heteroatoms. The van der Waals surface area contributed by atoms with Crippen LogP contribution in [0.5, 0.6) is 0 Å². The van der Waals surface area contributed by atoms with Crippen LogP contribution in [-0.4, -0.2) is 55.9 Å². The first kappa shape index (κ1) is 14.4. The molecule has 1 atom stereocenters. The Hall–Kier alpha value is -0.650. The van der Waals surface area contributed by atoms with Crippen molar-refractivity contribution in [3.8, 4) is 0 Å². The molecular formula is C12H24N2O3. The first-order valence-corrected chi connectivity index (χ1v) is 6.14. The summed E-state index contributed by atoms with van der Waals surface area (Å²) in [6.07, 6.45) is 3.14. The summed E-state index contributed by atoms with van der Waals surface area (Å²) in [6.45, 7) is 1.14. The van der Waals surface area contributed by atoms with Gasteiger partial charge in [0.05, 0.1) is 12.7 Å². The first-order valence-electron chi connectivity index (χ1n) is 6.14. The molecule has 0 aromatic heterocycles. The number of nitrogens with zero attached hydrogens (tertiary/aromatic N) is 1. The zero-order valence-corrected chi connectivity index (χ0v) is 10.8. The van der Waals surface area contributed by atoms with Gasteiger partial charge in [0.1, 0.15) is 0 Å². The number of nitrogens with two attached hydrogens (primary N) is 1. The number of aliphatic hydroxyl groups excluding tert-OH is 1. The van der Waals surface area contributed by atoms with E-state index in [9.17, 15) is 9.90 Å². The molecule has 3 N–H and O–H groups in total. The number of hydrogen-bond donors (Lipinski definition) is 2. The van der Waals surface area contributed by atoms with E-state index in [1.165, 1.54) is 13.5 Å². The molecule has 0 saturated heterocycles. The predicted molar refractivity (Wildman–Crippen MR) is 65.5 cm³/mol. The molecule has 0 bridgehead atoms. The van der Waals surface area contributed by atoms with Gasteiger partial charge < -0.3 is 20.5 Å². The van der Waals surface area contributed by atoms with Crippen molar-refractivity contribution in [2.24, 2.45) is 11.1 Å². The zero-order valence-electron chi connectivity index (χ0n) is 10.8. The van der Waals surface area contributed by atoms with Crippen molar-refractivity contribution in [2.75, 3.05) is 33.9 Å². The molecular weight excluding hydrogens is 220 g/mol. The van der Waals surface area contributed by atoms with Gasteiger partial charge in [0.25, 0.3) is 0 Å². The second kappa shape index (κ2) is 6.33. The van der Waals surface area contributed by atoms with Crippen LogP contribution in [0, 0.1) is 5.41 Å². The van der Waals surface area contributed by atoms with E-state index in [2.05, 4.69) is 0 Å². The maximum absolute atomic E-state index is 12.0. The minimum absolute atomic E-state index is 0.0253. The van der Waals surface area contributed by atoms with E-state index in [1.807, 2.05) is 0 Å². The molecule has 0 radical (unpaired) electrons. The van der Waals surface area contributed by atoms with Crippen LogP contribution in [0.1, 0.15) is 25.7 Å². The molecule has 17 heavy (non-hydrogen) atoms. The summed E-state index contributed by atoms with van der Waals surface area (Å²) in [7, 11) is 3.24. The smallest absolute Gasteiger partial charge is 0.223 e. The summed E-state index contributed by atoms with van der Waals surface area (Å²) in [5, 5.41) is 9.55. The van der Waals surface area contributed by atoms with E-state index in [-0.39, 0.29) is 17.9 Å². The Bertz CT molecular complexity index is 249. The van der Waals surface area contributed by atoms with Crippen molar-refractivity contribution in [2.45, 2.75) is 31.8 Å². The van der Waals surface area contributed by atoms with Gasteiger partial charge in [0.15, 0.2) is 0 Å². The van der Waals surface area contributed by atoms with Gasteiger partial charge in [-0.3, -0.25) is 4.79 Å². The number of carbonyl (C=O) groups is 1. The van der Waals surface area contributed by atoms with Gasteiger partial charge >= 0.3 is 0 Å². The fourth-order valence-corrected chi connectivity index (χ4v) is 2.25. The van der Waals surface area contributed by atoms with E-state index in [0.29, 0.717) is 19.5 Å². The molecule has 0 spiro atoms. The van der Waals surface area contributed by atoms with Gasteiger partial charge in [0.2, 0.25) is 5.91 Å². The Morgan fingerprint density at radius 2 is 2.24 bits per heavy atom. The van der Waals surface area contributed by atoms with Crippen LogP contribution in [0.4, 0.5) is 0 Å². The second-order valence-corrected chi connectivity index (χ2v) is 5.12. The molecule has 0 aromatic carbocycles.